The summed E-state index contributed by atoms with van der Waals surface area (Å²) in [5.41, 5.74) is 6.36. The molecular formula is C13H19ClFNO2S. The fourth-order valence-electron chi connectivity index (χ4n) is 1.80. The van der Waals surface area contributed by atoms with Crippen molar-refractivity contribution in [2.75, 3.05) is 11.5 Å². The van der Waals surface area contributed by atoms with E-state index in [0.29, 0.717) is 24.8 Å². The Bertz CT molecular complexity index is 519. The van der Waals surface area contributed by atoms with Crippen LogP contribution in [-0.2, 0) is 16.3 Å². The van der Waals surface area contributed by atoms with Crippen LogP contribution in [0.4, 0.5) is 4.39 Å². The van der Waals surface area contributed by atoms with Crippen molar-refractivity contribution in [1.82, 2.24) is 0 Å². The minimum atomic E-state index is -2.95. The summed E-state index contributed by atoms with van der Waals surface area (Å²) in [6.45, 7) is 1.62. The molecule has 0 aliphatic carbocycles. The topological polar surface area (TPSA) is 60.2 Å². The second kappa shape index (κ2) is 7.22. The minimum Gasteiger partial charge on any atom is -0.327 e. The van der Waals surface area contributed by atoms with Gasteiger partial charge in [0.25, 0.3) is 0 Å². The molecule has 1 aromatic rings. The molecule has 1 aromatic carbocycles. The van der Waals surface area contributed by atoms with Crippen molar-refractivity contribution < 1.29 is 12.8 Å². The molecule has 0 heterocycles. The number of hydrogen-bond donors (Lipinski definition) is 1. The molecule has 0 aliphatic heterocycles. The maximum atomic E-state index is 13.6. The fourth-order valence-corrected chi connectivity index (χ4v) is 2.89. The monoisotopic (exact) mass is 307 g/mol. The summed E-state index contributed by atoms with van der Waals surface area (Å²) in [5.74, 6) is -0.166. The zero-order valence-corrected chi connectivity index (χ0v) is 12.5. The van der Waals surface area contributed by atoms with Crippen LogP contribution < -0.4 is 5.73 Å². The average molecular weight is 308 g/mol. The lowest BCUT2D eigenvalue weighted by molar-refractivity contribution is 0.555. The van der Waals surface area contributed by atoms with Gasteiger partial charge in [0.2, 0.25) is 0 Å². The van der Waals surface area contributed by atoms with Gasteiger partial charge in [0.05, 0.1) is 10.8 Å². The Morgan fingerprint density at radius 3 is 2.74 bits per heavy atom. The standard InChI is InChI=1S/C13H19ClFNO2S/c1-2-19(17,18)8-4-6-11(16)9-10-5-3-7-12(14)13(10)15/h3,5,7,11H,2,4,6,8-9,16H2,1H3. The van der Waals surface area contributed by atoms with Gasteiger partial charge < -0.3 is 5.73 Å². The first kappa shape index (κ1) is 16.4. The minimum absolute atomic E-state index is 0.0817. The third-order valence-electron chi connectivity index (χ3n) is 2.98. The molecule has 19 heavy (non-hydrogen) atoms. The van der Waals surface area contributed by atoms with E-state index in [4.69, 9.17) is 17.3 Å². The third-order valence-corrected chi connectivity index (χ3v) is 5.07. The van der Waals surface area contributed by atoms with Gasteiger partial charge in [0, 0.05) is 11.8 Å². The van der Waals surface area contributed by atoms with Crippen molar-refractivity contribution >= 4 is 21.4 Å². The highest BCUT2D eigenvalue weighted by Crippen LogP contribution is 2.19. The number of halogens is 2. The molecule has 0 amide bonds. The Hall–Kier alpha value is -0.650. The van der Waals surface area contributed by atoms with E-state index in [0.717, 1.165) is 0 Å². The molecular weight excluding hydrogens is 289 g/mol. The Kier molecular flexibility index (Phi) is 6.23. The van der Waals surface area contributed by atoms with E-state index in [1.807, 2.05) is 0 Å². The number of sulfone groups is 1. The van der Waals surface area contributed by atoms with Gasteiger partial charge in [-0.25, -0.2) is 12.8 Å². The molecule has 1 atom stereocenters. The quantitative estimate of drug-likeness (QED) is 0.842. The van der Waals surface area contributed by atoms with E-state index in [-0.39, 0.29) is 22.6 Å². The summed E-state index contributed by atoms with van der Waals surface area (Å²) in [6.07, 6.45) is 1.41. The van der Waals surface area contributed by atoms with Crippen molar-refractivity contribution in [2.24, 2.45) is 5.73 Å². The number of benzene rings is 1. The maximum Gasteiger partial charge on any atom is 0.150 e. The molecule has 2 N–H and O–H groups in total. The zero-order valence-electron chi connectivity index (χ0n) is 10.9. The summed E-state index contributed by atoms with van der Waals surface area (Å²) in [6, 6.07) is 4.54. The van der Waals surface area contributed by atoms with Gasteiger partial charge in [-0.2, -0.15) is 0 Å². The Balaban J connectivity index is 2.48. The van der Waals surface area contributed by atoms with Crippen LogP contribution >= 0.6 is 11.6 Å². The van der Waals surface area contributed by atoms with Crippen molar-refractivity contribution in [3.8, 4) is 0 Å². The van der Waals surface area contributed by atoms with Crippen molar-refractivity contribution in [3.05, 3.63) is 34.6 Å². The summed E-state index contributed by atoms with van der Waals surface area (Å²) >= 11 is 5.69. The van der Waals surface area contributed by atoms with Crippen LogP contribution in [0.1, 0.15) is 25.3 Å². The first-order valence-corrected chi connectivity index (χ1v) is 8.44. The maximum absolute atomic E-state index is 13.6. The van der Waals surface area contributed by atoms with Crippen molar-refractivity contribution in [3.63, 3.8) is 0 Å². The summed E-state index contributed by atoms with van der Waals surface area (Å²) in [7, 11) is -2.95. The van der Waals surface area contributed by atoms with E-state index in [1.54, 1.807) is 19.1 Å². The van der Waals surface area contributed by atoms with Gasteiger partial charge in [-0.05, 0) is 30.9 Å². The predicted molar refractivity (Wildman–Crippen MR) is 76.7 cm³/mol. The van der Waals surface area contributed by atoms with E-state index in [2.05, 4.69) is 0 Å². The van der Waals surface area contributed by atoms with E-state index < -0.39 is 15.7 Å². The molecule has 108 valence electrons. The lowest BCUT2D eigenvalue weighted by atomic mass is 10.0. The Labute approximate surface area is 118 Å². The van der Waals surface area contributed by atoms with Crippen LogP contribution in [0.2, 0.25) is 5.02 Å². The molecule has 0 radical (unpaired) electrons. The zero-order chi connectivity index (χ0) is 14.5. The molecule has 3 nitrogen and oxygen atoms in total. The molecule has 0 saturated carbocycles. The molecule has 0 aromatic heterocycles. The molecule has 1 rings (SSSR count). The molecule has 1 unspecified atom stereocenters. The first-order valence-electron chi connectivity index (χ1n) is 6.24. The van der Waals surface area contributed by atoms with Crippen LogP contribution in [-0.4, -0.2) is 26.0 Å². The number of rotatable bonds is 7. The highest BCUT2D eigenvalue weighted by molar-refractivity contribution is 7.91. The summed E-state index contributed by atoms with van der Waals surface area (Å²) in [4.78, 5) is 0. The van der Waals surface area contributed by atoms with Crippen LogP contribution in [0.25, 0.3) is 0 Å². The van der Waals surface area contributed by atoms with Gasteiger partial charge in [-0.15, -0.1) is 0 Å². The van der Waals surface area contributed by atoms with Gasteiger partial charge in [0.15, 0.2) is 0 Å². The highest BCUT2D eigenvalue weighted by atomic mass is 35.5. The Morgan fingerprint density at radius 2 is 2.11 bits per heavy atom. The van der Waals surface area contributed by atoms with Crippen molar-refractivity contribution in [2.45, 2.75) is 32.2 Å². The van der Waals surface area contributed by atoms with Crippen LogP contribution in [0.5, 0.6) is 0 Å². The number of hydrogen-bond acceptors (Lipinski definition) is 3. The van der Waals surface area contributed by atoms with Gasteiger partial charge in [0.1, 0.15) is 15.7 Å². The second-order valence-corrected chi connectivity index (χ2v) is 7.44. The Morgan fingerprint density at radius 1 is 1.42 bits per heavy atom. The summed E-state index contributed by atoms with van der Waals surface area (Å²) in [5, 5.41) is 0.0817. The van der Waals surface area contributed by atoms with E-state index in [9.17, 15) is 12.8 Å². The first-order chi connectivity index (χ1) is 8.85. The lowest BCUT2D eigenvalue weighted by Gasteiger charge is -2.12. The van der Waals surface area contributed by atoms with Crippen LogP contribution in [0.15, 0.2) is 18.2 Å². The van der Waals surface area contributed by atoms with E-state index in [1.165, 1.54) is 6.07 Å². The van der Waals surface area contributed by atoms with Crippen molar-refractivity contribution in [1.29, 1.82) is 0 Å². The SMILES string of the molecule is CCS(=O)(=O)CCCC(N)Cc1cccc(Cl)c1F. The fraction of sp³-hybridized carbons (Fsp3) is 0.538. The molecule has 0 aliphatic rings. The van der Waals surface area contributed by atoms with Crippen LogP contribution in [0, 0.1) is 5.82 Å². The highest BCUT2D eigenvalue weighted by Gasteiger charge is 2.12. The summed E-state index contributed by atoms with van der Waals surface area (Å²) < 4.78 is 36.3. The van der Waals surface area contributed by atoms with Crippen LogP contribution in [0.3, 0.4) is 0 Å². The molecule has 0 spiro atoms. The molecule has 0 fully saturated rings. The third kappa shape index (κ3) is 5.47. The lowest BCUT2D eigenvalue weighted by Crippen LogP contribution is -2.24. The largest absolute Gasteiger partial charge is 0.327 e. The van der Waals surface area contributed by atoms with Gasteiger partial charge in [-0.1, -0.05) is 30.7 Å². The molecule has 6 heteroatoms. The normalized spacial score (nSPS) is 13.5. The predicted octanol–water partition coefficient (Wildman–Crippen LogP) is 2.56. The smallest absolute Gasteiger partial charge is 0.150 e. The van der Waals surface area contributed by atoms with E-state index >= 15 is 0 Å². The second-order valence-electron chi connectivity index (χ2n) is 4.56. The average Bonchev–Trinajstić information content (AvgIpc) is 2.35. The molecule has 0 saturated heterocycles. The van der Waals surface area contributed by atoms with Gasteiger partial charge >= 0.3 is 0 Å². The molecule has 0 bridgehead atoms. The number of nitrogens with two attached hydrogens (primary N) is 1. The van der Waals surface area contributed by atoms with Gasteiger partial charge in [-0.3, -0.25) is 0 Å².